The maximum absolute atomic E-state index is 12.9. The van der Waals surface area contributed by atoms with Crippen molar-refractivity contribution >= 4 is 11.8 Å². The lowest BCUT2D eigenvalue weighted by Crippen LogP contribution is -2.39. The van der Waals surface area contributed by atoms with E-state index in [0.29, 0.717) is 32.4 Å². The van der Waals surface area contributed by atoms with Gasteiger partial charge in [-0.15, -0.1) is 0 Å². The standard InChI is InChI=1S/C21H28N6O2/c1-13-10-23-16(11-22-13)12-27-18-7-8-26(19(18)9-21(27)29)20(28)6-5-17-14(2)24-25(4)15(17)3/h10-11,18-19H,5-9,12H2,1-4H3. The lowest BCUT2D eigenvalue weighted by molar-refractivity contribution is -0.132. The lowest BCUT2D eigenvalue weighted by atomic mass is 10.1. The summed E-state index contributed by atoms with van der Waals surface area (Å²) in [6.07, 6.45) is 5.82. The van der Waals surface area contributed by atoms with Crippen LogP contribution in [0, 0.1) is 20.8 Å². The molecule has 0 radical (unpaired) electrons. The Kier molecular flexibility index (Phi) is 5.10. The number of amides is 2. The van der Waals surface area contributed by atoms with Crippen LogP contribution in [0.3, 0.4) is 0 Å². The van der Waals surface area contributed by atoms with Gasteiger partial charge in [0.2, 0.25) is 11.8 Å². The van der Waals surface area contributed by atoms with Crippen LogP contribution < -0.4 is 0 Å². The van der Waals surface area contributed by atoms with Crippen LogP contribution in [0.5, 0.6) is 0 Å². The van der Waals surface area contributed by atoms with E-state index in [1.165, 1.54) is 0 Å². The molecular weight excluding hydrogens is 368 g/mol. The van der Waals surface area contributed by atoms with Gasteiger partial charge in [0, 0.05) is 38.3 Å². The van der Waals surface area contributed by atoms with Gasteiger partial charge in [0.1, 0.15) is 0 Å². The number of carbonyl (C=O) groups excluding carboxylic acids is 2. The van der Waals surface area contributed by atoms with Crippen molar-refractivity contribution in [2.75, 3.05) is 6.54 Å². The summed E-state index contributed by atoms with van der Waals surface area (Å²) in [6.45, 7) is 7.09. The third-order valence-corrected chi connectivity index (χ3v) is 6.35. The molecule has 2 aliphatic rings. The van der Waals surface area contributed by atoms with Gasteiger partial charge >= 0.3 is 0 Å². The summed E-state index contributed by atoms with van der Waals surface area (Å²) in [7, 11) is 1.93. The number of hydrogen-bond acceptors (Lipinski definition) is 5. The molecule has 2 fully saturated rings. The summed E-state index contributed by atoms with van der Waals surface area (Å²) in [5, 5.41) is 4.43. The molecule has 2 aromatic rings. The van der Waals surface area contributed by atoms with Gasteiger partial charge in [-0.05, 0) is 39.2 Å². The Morgan fingerprint density at radius 2 is 1.97 bits per heavy atom. The average Bonchev–Trinajstić information content (AvgIpc) is 3.29. The summed E-state index contributed by atoms with van der Waals surface area (Å²) in [6, 6.07) is 0.0564. The summed E-state index contributed by atoms with van der Waals surface area (Å²) in [5.41, 5.74) is 4.89. The number of aryl methyl sites for hydroxylation is 3. The van der Waals surface area contributed by atoms with Crippen molar-refractivity contribution in [3.63, 3.8) is 0 Å². The highest BCUT2D eigenvalue weighted by atomic mass is 16.2. The highest BCUT2D eigenvalue weighted by molar-refractivity contribution is 5.83. The van der Waals surface area contributed by atoms with Crippen molar-refractivity contribution in [1.82, 2.24) is 29.5 Å². The van der Waals surface area contributed by atoms with Crippen molar-refractivity contribution < 1.29 is 9.59 Å². The van der Waals surface area contributed by atoms with Crippen LogP contribution in [0.1, 0.15) is 47.6 Å². The van der Waals surface area contributed by atoms with Gasteiger partial charge in [-0.3, -0.25) is 24.2 Å². The zero-order valence-corrected chi connectivity index (χ0v) is 17.6. The first-order valence-corrected chi connectivity index (χ1v) is 10.2. The third-order valence-electron chi connectivity index (χ3n) is 6.35. The molecule has 0 aliphatic carbocycles. The molecule has 2 atom stereocenters. The fourth-order valence-electron chi connectivity index (χ4n) is 4.67. The predicted octanol–water partition coefficient (Wildman–Crippen LogP) is 1.47. The van der Waals surface area contributed by atoms with E-state index in [9.17, 15) is 9.59 Å². The molecule has 2 aromatic heterocycles. The van der Waals surface area contributed by atoms with E-state index in [-0.39, 0.29) is 23.9 Å². The van der Waals surface area contributed by atoms with Crippen LogP contribution in [-0.2, 0) is 29.6 Å². The lowest BCUT2D eigenvalue weighted by Gasteiger charge is -2.25. The van der Waals surface area contributed by atoms with E-state index in [4.69, 9.17) is 0 Å². The highest BCUT2D eigenvalue weighted by Crippen LogP contribution is 2.34. The molecule has 29 heavy (non-hydrogen) atoms. The van der Waals surface area contributed by atoms with E-state index < -0.39 is 0 Å². The molecule has 2 aliphatic heterocycles. The number of rotatable bonds is 5. The smallest absolute Gasteiger partial charge is 0.225 e. The molecule has 0 spiro atoms. The summed E-state index contributed by atoms with van der Waals surface area (Å²) in [4.78, 5) is 38.0. The minimum atomic E-state index is -0.0236. The monoisotopic (exact) mass is 396 g/mol. The summed E-state index contributed by atoms with van der Waals surface area (Å²) in [5.74, 6) is 0.226. The van der Waals surface area contributed by atoms with Crippen LogP contribution in [0.25, 0.3) is 0 Å². The maximum atomic E-state index is 12.9. The Morgan fingerprint density at radius 3 is 2.62 bits per heavy atom. The second-order valence-corrected chi connectivity index (χ2v) is 8.16. The summed E-state index contributed by atoms with van der Waals surface area (Å²) >= 11 is 0. The maximum Gasteiger partial charge on any atom is 0.225 e. The Bertz CT molecular complexity index is 935. The molecule has 8 heteroatoms. The molecule has 0 N–H and O–H groups in total. The molecule has 0 aromatic carbocycles. The van der Waals surface area contributed by atoms with E-state index in [1.54, 1.807) is 12.4 Å². The first-order valence-electron chi connectivity index (χ1n) is 10.2. The van der Waals surface area contributed by atoms with Crippen molar-refractivity contribution in [3.8, 4) is 0 Å². The number of fused-ring (bicyclic) bond motifs is 1. The molecule has 2 saturated heterocycles. The van der Waals surface area contributed by atoms with Crippen molar-refractivity contribution in [2.45, 2.75) is 65.1 Å². The van der Waals surface area contributed by atoms with Crippen molar-refractivity contribution in [2.24, 2.45) is 7.05 Å². The van der Waals surface area contributed by atoms with Gasteiger partial charge in [0.05, 0.1) is 41.9 Å². The minimum Gasteiger partial charge on any atom is -0.337 e. The van der Waals surface area contributed by atoms with Gasteiger partial charge in [-0.25, -0.2) is 0 Å². The second kappa shape index (κ2) is 7.57. The second-order valence-electron chi connectivity index (χ2n) is 8.16. The molecule has 2 unspecified atom stereocenters. The fraction of sp³-hybridized carbons (Fsp3) is 0.571. The highest BCUT2D eigenvalue weighted by Gasteiger charge is 2.48. The Hall–Kier alpha value is -2.77. The molecule has 4 rings (SSSR count). The first kappa shape index (κ1) is 19.5. The largest absolute Gasteiger partial charge is 0.337 e. The topological polar surface area (TPSA) is 84.2 Å². The Labute approximate surface area is 170 Å². The van der Waals surface area contributed by atoms with Crippen molar-refractivity contribution in [1.29, 1.82) is 0 Å². The van der Waals surface area contributed by atoms with Gasteiger partial charge in [-0.1, -0.05) is 0 Å². The molecule has 4 heterocycles. The van der Waals surface area contributed by atoms with Gasteiger partial charge in [0.25, 0.3) is 0 Å². The number of hydrogen-bond donors (Lipinski definition) is 0. The Morgan fingerprint density at radius 1 is 1.17 bits per heavy atom. The van der Waals surface area contributed by atoms with Crippen LogP contribution in [-0.4, -0.2) is 60.0 Å². The number of likely N-dealkylation sites (tertiary alicyclic amines) is 2. The normalized spacial score (nSPS) is 21.2. The van der Waals surface area contributed by atoms with Gasteiger partial charge in [0.15, 0.2) is 0 Å². The third kappa shape index (κ3) is 3.63. The van der Waals surface area contributed by atoms with Gasteiger partial charge < -0.3 is 9.80 Å². The van der Waals surface area contributed by atoms with Crippen molar-refractivity contribution in [3.05, 3.63) is 40.7 Å². The number of nitrogens with zero attached hydrogens (tertiary/aromatic N) is 6. The van der Waals surface area contributed by atoms with E-state index in [1.807, 2.05) is 42.3 Å². The molecular formula is C21H28N6O2. The van der Waals surface area contributed by atoms with Crippen LogP contribution in [0.15, 0.2) is 12.4 Å². The molecule has 0 saturated carbocycles. The molecule has 154 valence electrons. The summed E-state index contributed by atoms with van der Waals surface area (Å²) < 4.78 is 1.86. The van der Waals surface area contributed by atoms with E-state index in [0.717, 1.165) is 34.8 Å². The zero-order valence-electron chi connectivity index (χ0n) is 17.6. The molecule has 0 bridgehead atoms. The van der Waals surface area contributed by atoms with E-state index in [2.05, 4.69) is 15.1 Å². The Balaban J connectivity index is 1.40. The van der Waals surface area contributed by atoms with Crippen LogP contribution in [0.2, 0.25) is 0 Å². The predicted molar refractivity (Wildman–Crippen MR) is 107 cm³/mol. The molecule has 2 amide bonds. The number of aromatic nitrogens is 4. The number of carbonyl (C=O) groups is 2. The SMILES string of the molecule is Cc1cnc(CN2C(=O)CC3C2CCN3C(=O)CCc2c(C)nn(C)c2C)cn1. The fourth-order valence-corrected chi connectivity index (χ4v) is 4.67. The minimum absolute atomic E-state index is 0.0236. The zero-order chi connectivity index (χ0) is 20.7. The van der Waals surface area contributed by atoms with Gasteiger partial charge in [-0.2, -0.15) is 5.10 Å². The average molecular weight is 396 g/mol. The first-order chi connectivity index (χ1) is 13.8. The molecule has 8 nitrogen and oxygen atoms in total. The quantitative estimate of drug-likeness (QED) is 0.764. The van der Waals surface area contributed by atoms with Crippen LogP contribution in [0.4, 0.5) is 0 Å². The van der Waals surface area contributed by atoms with Crippen LogP contribution >= 0.6 is 0 Å². The van der Waals surface area contributed by atoms with E-state index >= 15 is 0 Å².